The molecule has 2 aliphatic heterocycles. The molecule has 2 heterocycles. The summed E-state index contributed by atoms with van der Waals surface area (Å²) < 4.78 is 23.0. The van der Waals surface area contributed by atoms with Crippen molar-refractivity contribution in [2.45, 2.75) is 112 Å². The second-order valence-corrected chi connectivity index (χ2v) is 9.33. The Kier molecular flexibility index (Phi) is 9.05. The van der Waals surface area contributed by atoms with E-state index in [-0.39, 0.29) is 6.42 Å². The van der Waals surface area contributed by atoms with Crippen molar-refractivity contribution in [3.63, 3.8) is 0 Å². The van der Waals surface area contributed by atoms with Crippen molar-refractivity contribution in [1.82, 2.24) is 0 Å². The van der Waals surface area contributed by atoms with Gasteiger partial charge in [0.05, 0.1) is 24.9 Å². The van der Waals surface area contributed by atoms with Crippen LogP contribution in [0.3, 0.4) is 0 Å². The first-order chi connectivity index (χ1) is 15.5. The molecule has 0 amide bonds. The summed E-state index contributed by atoms with van der Waals surface area (Å²) in [6.07, 6.45) is -11.8. The van der Waals surface area contributed by atoms with Gasteiger partial charge in [0.25, 0.3) is 0 Å². The topological polar surface area (TPSA) is 236 Å². The lowest BCUT2D eigenvalue weighted by atomic mass is 9.84. The van der Waals surface area contributed by atoms with Crippen LogP contribution in [0.1, 0.15) is 26.7 Å². The van der Waals surface area contributed by atoms with Crippen LogP contribution < -0.4 is 17.2 Å². The molecular formula is C20H39N3O10. The molecular weight excluding hydrogens is 442 g/mol. The van der Waals surface area contributed by atoms with Crippen LogP contribution in [-0.4, -0.2) is 123 Å². The zero-order chi connectivity index (χ0) is 24.6. The van der Waals surface area contributed by atoms with Crippen LogP contribution in [0.25, 0.3) is 0 Å². The van der Waals surface area contributed by atoms with Crippen molar-refractivity contribution in [1.29, 1.82) is 0 Å². The fourth-order valence-electron chi connectivity index (χ4n) is 4.74. The molecule has 0 aromatic heterocycles. The Balaban J connectivity index is 1.72. The minimum Gasteiger partial charge on any atom is -0.394 e. The first-order valence-electron chi connectivity index (χ1n) is 11.4. The summed E-state index contributed by atoms with van der Waals surface area (Å²) in [6, 6.07) is -2.59. The van der Waals surface area contributed by atoms with Crippen molar-refractivity contribution < 1.29 is 49.6 Å². The predicted octanol–water partition coefficient (Wildman–Crippen LogP) is -4.56. The van der Waals surface area contributed by atoms with Gasteiger partial charge in [-0.15, -0.1) is 0 Å². The van der Waals surface area contributed by atoms with Crippen LogP contribution >= 0.6 is 0 Å². The zero-order valence-corrected chi connectivity index (χ0v) is 18.8. The van der Waals surface area contributed by atoms with Crippen molar-refractivity contribution in [2.75, 3.05) is 6.61 Å². The van der Waals surface area contributed by atoms with Crippen LogP contribution in [0.15, 0.2) is 0 Å². The molecule has 0 radical (unpaired) electrons. The molecule has 3 rings (SSSR count). The van der Waals surface area contributed by atoms with Gasteiger partial charge in [-0.25, -0.2) is 0 Å². The SMILES string of the molecule is CC[C@H]1O[C@H](OC2[C@@H](N)C[C@@H](N)[C@H](O[C@H]3O[C@H](CO)[C@@H](O)[C@H](N)[C@H]3O)[C@H]2O)[C@H](C)[C@@H](O)[C@@H]1O. The van der Waals surface area contributed by atoms with Crippen molar-refractivity contribution in [2.24, 2.45) is 23.1 Å². The molecule has 1 saturated carbocycles. The first kappa shape index (κ1) is 27.1. The summed E-state index contributed by atoms with van der Waals surface area (Å²) in [5.41, 5.74) is 18.2. The summed E-state index contributed by atoms with van der Waals surface area (Å²) >= 11 is 0. The Hall–Kier alpha value is -0.520. The normalized spacial score (nSPS) is 53.7. The highest BCUT2D eigenvalue weighted by Gasteiger charge is 2.51. The summed E-state index contributed by atoms with van der Waals surface area (Å²) in [5, 5.41) is 61.4. The second-order valence-electron chi connectivity index (χ2n) is 9.33. The molecule has 0 spiro atoms. The van der Waals surface area contributed by atoms with Gasteiger partial charge in [-0.3, -0.25) is 0 Å². The molecule has 3 aliphatic rings. The maximum atomic E-state index is 11.0. The van der Waals surface area contributed by atoms with Gasteiger partial charge in [0.2, 0.25) is 0 Å². The minimum absolute atomic E-state index is 0.191. The molecule has 194 valence electrons. The van der Waals surface area contributed by atoms with Crippen LogP contribution in [0, 0.1) is 5.92 Å². The number of hydrogen-bond donors (Lipinski definition) is 9. The van der Waals surface area contributed by atoms with Crippen LogP contribution in [0.4, 0.5) is 0 Å². The smallest absolute Gasteiger partial charge is 0.186 e. The molecule has 1 aliphatic carbocycles. The number of ether oxygens (including phenoxy) is 4. The van der Waals surface area contributed by atoms with E-state index >= 15 is 0 Å². The molecule has 0 bridgehead atoms. The van der Waals surface area contributed by atoms with Gasteiger partial charge in [-0.2, -0.15) is 0 Å². The largest absolute Gasteiger partial charge is 0.394 e. The summed E-state index contributed by atoms with van der Waals surface area (Å²) in [5.74, 6) is -0.606. The maximum Gasteiger partial charge on any atom is 0.186 e. The Labute approximate surface area is 192 Å². The van der Waals surface area contributed by atoms with E-state index in [0.717, 1.165) is 0 Å². The number of nitrogens with two attached hydrogens (primary N) is 3. The van der Waals surface area contributed by atoms with E-state index in [0.29, 0.717) is 6.42 Å². The summed E-state index contributed by atoms with van der Waals surface area (Å²) in [4.78, 5) is 0. The highest BCUT2D eigenvalue weighted by Crippen LogP contribution is 2.33. The lowest BCUT2D eigenvalue weighted by molar-refractivity contribution is -0.325. The van der Waals surface area contributed by atoms with E-state index in [9.17, 15) is 30.6 Å². The first-order valence-corrected chi connectivity index (χ1v) is 11.4. The van der Waals surface area contributed by atoms with Crippen molar-refractivity contribution in [3.05, 3.63) is 0 Å². The Morgan fingerprint density at radius 2 is 1.30 bits per heavy atom. The molecule has 15 atom stereocenters. The fourth-order valence-corrected chi connectivity index (χ4v) is 4.74. The molecule has 0 aromatic rings. The van der Waals surface area contributed by atoms with E-state index in [4.69, 9.17) is 36.1 Å². The quantitative estimate of drug-likeness (QED) is 0.174. The Morgan fingerprint density at radius 3 is 1.85 bits per heavy atom. The monoisotopic (exact) mass is 481 g/mol. The molecule has 1 unspecified atom stereocenters. The van der Waals surface area contributed by atoms with Crippen molar-refractivity contribution >= 4 is 0 Å². The lowest BCUT2D eigenvalue weighted by Crippen LogP contribution is -2.68. The van der Waals surface area contributed by atoms with E-state index in [2.05, 4.69) is 0 Å². The molecule has 13 nitrogen and oxygen atoms in total. The second kappa shape index (κ2) is 11.0. The van der Waals surface area contributed by atoms with E-state index < -0.39 is 98.2 Å². The molecule has 33 heavy (non-hydrogen) atoms. The van der Waals surface area contributed by atoms with Crippen LogP contribution in [0.2, 0.25) is 0 Å². The summed E-state index contributed by atoms with van der Waals surface area (Å²) in [6.45, 7) is 2.90. The number of aliphatic hydroxyl groups is 6. The third-order valence-electron chi connectivity index (χ3n) is 6.99. The van der Waals surface area contributed by atoms with Gasteiger partial charge >= 0.3 is 0 Å². The van der Waals surface area contributed by atoms with Gasteiger partial charge in [0.1, 0.15) is 42.7 Å². The maximum absolute atomic E-state index is 11.0. The number of rotatable bonds is 6. The van der Waals surface area contributed by atoms with Gasteiger partial charge in [-0.1, -0.05) is 13.8 Å². The predicted molar refractivity (Wildman–Crippen MR) is 112 cm³/mol. The van der Waals surface area contributed by atoms with E-state index in [1.165, 1.54) is 0 Å². The molecule has 0 aromatic carbocycles. The van der Waals surface area contributed by atoms with E-state index in [1.807, 2.05) is 0 Å². The zero-order valence-electron chi connectivity index (χ0n) is 18.8. The van der Waals surface area contributed by atoms with Crippen molar-refractivity contribution in [3.8, 4) is 0 Å². The lowest BCUT2D eigenvalue weighted by Gasteiger charge is -2.48. The standard InChI is InChI=1S/C20H39N3O10/c1-3-9-14(27)12(25)6(2)19(30-9)32-17-7(21)4-8(22)18(16(17)29)33-20-15(28)11(23)13(26)10(5-24)31-20/h6-20,24-29H,3-5,21-23H2,1-2H3/t6-,7+,8-,9-,10-,11+,12-,13-,14-,15-,16+,17?,18+,19-,20-/m1/s1. The molecule has 3 fully saturated rings. The fraction of sp³-hybridized carbons (Fsp3) is 1.00. The highest BCUT2D eigenvalue weighted by atomic mass is 16.7. The third kappa shape index (κ3) is 5.35. The summed E-state index contributed by atoms with van der Waals surface area (Å²) in [7, 11) is 0. The molecule has 2 saturated heterocycles. The molecule has 13 heteroatoms. The third-order valence-corrected chi connectivity index (χ3v) is 6.99. The number of hydrogen-bond acceptors (Lipinski definition) is 13. The van der Waals surface area contributed by atoms with Gasteiger partial charge in [0.15, 0.2) is 12.6 Å². The van der Waals surface area contributed by atoms with Gasteiger partial charge in [0, 0.05) is 18.0 Å². The minimum atomic E-state index is -1.44. The van der Waals surface area contributed by atoms with E-state index in [1.54, 1.807) is 13.8 Å². The average molecular weight is 482 g/mol. The number of aliphatic hydroxyl groups excluding tert-OH is 6. The van der Waals surface area contributed by atoms with Crippen LogP contribution in [-0.2, 0) is 18.9 Å². The van der Waals surface area contributed by atoms with Gasteiger partial charge in [-0.05, 0) is 12.8 Å². The molecule has 12 N–H and O–H groups in total. The van der Waals surface area contributed by atoms with Gasteiger partial charge < -0.3 is 66.8 Å². The Bertz CT molecular complexity index is 581. The van der Waals surface area contributed by atoms with Crippen LogP contribution in [0.5, 0.6) is 0 Å². The highest BCUT2D eigenvalue weighted by molar-refractivity contribution is 5.01. The Morgan fingerprint density at radius 1 is 0.758 bits per heavy atom. The average Bonchev–Trinajstić information content (AvgIpc) is 2.79.